The zero-order valence-corrected chi connectivity index (χ0v) is 9.66. The summed E-state index contributed by atoms with van der Waals surface area (Å²) in [6.45, 7) is 5.49. The van der Waals surface area contributed by atoms with Gasteiger partial charge in [0, 0.05) is 24.3 Å². The third-order valence-electron chi connectivity index (χ3n) is 2.94. The first-order valence-electron chi connectivity index (χ1n) is 4.85. The average Bonchev–Trinajstić information content (AvgIpc) is 2.02. The lowest BCUT2D eigenvalue weighted by atomic mass is 9.87. The van der Waals surface area contributed by atoms with Crippen molar-refractivity contribution in [3.8, 4) is 6.07 Å². The van der Waals surface area contributed by atoms with Crippen LogP contribution in [0.1, 0.15) is 27.2 Å². The lowest BCUT2D eigenvalue weighted by molar-refractivity contribution is -0.135. The van der Waals surface area contributed by atoms with E-state index in [0.29, 0.717) is 0 Å². The van der Waals surface area contributed by atoms with Crippen LogP contribution in [-0.2, 0) is 4.79 Å². The van der Waals surface area contributed by atoms with Gasteiger partial charge in [0.1, 0.15) is 0 Å². The summed E-state index contributed by atoms with van der Waals surface area (Å²) in [7, 11) is 0. The second-order valence-corrected chi connectivity index (χ2v) is 4.64. The number of nitriles is 1. The molecule has 4 heteroatoms. The minimum atomic E-state index is -0.154. The molecule has 4 atom stereocenters. The number of carbonyl (C=O) groups is 1. The first-order chi connectivity index (χ1) is 6.49. The molecule has 0 radical (unpaired) electrons. The van der Waals surface area contributed by atoms with Crippen molar-refractivity contribution in [1.82, 2.24) is 4.90 Å². The fourth-order valence-electron chi connectivity index (χ4n) is 2.30. The molecule has 0 saturated carbocycles. The summed E-state index contributed by atoms with van der Waals surface area (Å²) < 4.78 is 0. The maximum atomic E-state index is 11.4. The molecule has 0 N–H and O–H groups in total. The van der Waals surface area contributed by atoms with Crippen molar-refractivity contribution >= 4 is 18.5 Å². The number of amides is 1. The molecule has 1 aliphatic rings. The van der Waals surface area contributed by atoms with Gasteiger partial charge in [-0.2, -0.15) is 17.9 Å². The molecule has 78 valence electrons. The number of piperidine rings is 1. The van der Waals surface area contributed by atoms with E-state index in [1.807, 2.05) is 13.8 Å². The van der Waals surface area contributed by atoms with Crippen LogP contribution in [0.15, 0.2) is 0 Å². The fraction of sp³-hybridized carbons (Fsp3) is 0.800. The van der Waals surface area contributed by atoms with Crippen molar-refractivity contribution in [1.29, 1.82) is 5.26 Å². The average molecular weight is 212 g/mol. The SMILES string of the molecule is CC(=O)N1C(C)CC(S)C(C#N)C1C. The van der Waals surface area contributed by atoms with Crippen molar-refractivity contribution in [3.05, 3.63) is 0 Å². The van der Waals surface area contributed by atoms with Crippen LogP contribution in [0.4, 0.5) is 0 Å². The van der Waals surface area contributed by atoms with Gasteiger partial charge >= 0.3 is 0 Å². The number of likely N-dealkylation sites (tertiary alicyclic amines) is 1. The predicted octanol–water partition coefficient (Wildman–Crippen LogP) is 1.45. The maximum absolute atomic E-state index is 11.4. The topological polar surface area (TPSA) is 44.1 Å². The first-order valence-corrected chi connectivity index (χ1v) is 5.37. The van der Waals surface area contributed by atoms with Crippen molar-refractivity contribution in [3.63, 3.8) is 0 Å². The highest BCUT2D eigenvalue weighted by Crippen LogP contribution is 2.31. The second kappa shape index (κ2) is 4.22. The fourth-order valence-corrected chi connectivity index (χ4v) is 2.92. The molecule has 3 nitrogen and oxygen atoms in total. The highest BCUT2D eigenvalue weighted by atomic mass is 32.1. The van der Waals surface area contributed by atoms with Crippen LogP contribution in [0.3, 0.4) is 0 Å². The number of hydrogen-bond donors (Lipinski definition) is 1. The molecule has 14 heavy (non-hydrogen) atoms. The Morgan fingerprint density at radius 1 is 1.57 bits per heavy atom. The highest BCUT2D eigenvalue weighted by Gasteiger charge is 2.38. The normalized spacial score (nSPS) is 37.8. The van der Waals surface area contributed by atoms with Crippen molar-refractivity contribution in [2.75, 3.05) is 0 Å². The standard InChI is InChI=1S/C10H16N2OS/c1-6-4-10(14)9(5-11)7(2)12(6)8(3)13/h6-7,9-10,14H,4H2,1-3H3. The largest absolute Gasteiger partial charge is 0.336 e. The molecule has 1 saturated heterocycles. The van der Waals surface area contributed by atoms with Gasteiger partial charge in [0.05, 0.1) is 12.0 Å². The van der Waals surface area contributed by atoms with Crippen LogP contribution in [0, 0.1) is 17.2 Å². The monoisotopic (exact) mass is 212 g/mol. The number of hydrogen-bond acceptors (Lipinski definition) is 3. The molecule has 0 aliphatic carbocycles. The minimum absolute atomic E-state index is 0.0243. The van der Waals surface area contributed by atoms with E-state index in [1.54, 1.807) is 11.8 Å². The van der Waals surface area contributed by atoms with Crippen LogP contribution in [0.2, 0.25) is 0 Å². The Kier molecular flexibility index (Phi) is 3.43. The van der Waals surface area contributed by atoms with Gasteiger partial charge in [-0.1, -0.05) is 0 Å². The van der Waals surface area contributed by atoms with E-state index in [9.17, 15) is 4.79 Å². The number of thiol groups is 1. The van der Waals surface area contributed by atoms with Crippen LogP contribution < -0.4 is 0 Å². The lowest BCUT2D eigenvalue weighted by Gasteiger charge is -2.43. The third kappa shape index (κ3) is 1.88. The van der Waals surface area contributed by atoms with E-state index in [1.165, 1.54) is 0 Å². The first kappa shape index (κ1) is 11.4. The van der Waals surface area contributed by atoms with Crippen LogP contribution in [0.25, 0.3) is 0 Å². The number of nitrogens with zero attached hydrogens (tertiary/aromatic N) is 2. The molecule has 1 fully saturated rings. The molecule has 4 unspecified atom stereocenters. The molecular weight excluding hydrogens is 196 g/mol. The summed E-state index contributed by atoms with van der Waals surface area (Å²) in [5, 5.41) is 9.06. The quantitative estimate of drug-likeness (QED) is 0.618. The summed E-state index contributed by atoms with van der Waals surface area (Å²) in [6.07, 6.45) is 0.797. The summed E-state index contributed by atoms with van der Waals surface area (Å²) >= 11 is 4.40. The summed E-state index contributed by atoms with van der Waals surface area (Å²) in [4.78, 5) is 13.2. The van der Waals surface area contributed by atoms with Crippen LogP contribution >= 0.6 is 12.6 Å². The number of carbonyl (C=O) groups excluding carboxylic acids is 1. The Bertz CT molecular complexity index is 274. The maximum Gasteiger partial charge on any atom is 0.219 e. The zero-order chi connectivity index (χ0) is 10.9. The smallest absolute Gasteiger partial charge is 0.219 e. The summed E-state index contributed by atoms with van der Waals surface area (Å²) in [5.74, 6) is -0.107. The Hall–Kier alpha value is -0.690. The van der Waals surface area contributed by atoms with E-state index in [2.05, 4.69) is 18.7 Å². The zero-order valence-electron chi connectivity index (χ0n) is 8.77. The number of rotatable bonds is 0. The van der Waals surface area contributed by atoms with E-state index < -0.39 is 0 Å². The molecule has 1 rings (SSSR count). The molecule has 1 aliphatic heterocycles. The summed E-state index contributed by atoms with van der Waals surface area (Å²) in [6, 6.07) is 2.40. The van der Waals surface area contributed by atoms with Gasteiger partial charge in [0.25, 0.3) is 0 Å². The Morgan fingerprint density at radius 3 is 2.57 bits per heavy atom. The highest BCUT2D eigenvalue weighted by molar-refractivity contribution is 7.81. The summed E-state index contributed by atoms with van der Waals surface area (Å²) in [5.41, 5.74) is 0. The lowest BCUT2D eigenvalue weighted by Crippen LogP contribution is -2.54. The van der Waals surface area contributed by atoms with Crippen molar-refractivity contribution in [2.24, 2.45) is 5.92 Å². The Morgan fingerprint density at radius 2 is 2.14 bits per heavy atom. The predicted molar refractivity (Wildman–Crippen MR) is 57.9 cm³/mol. The second-order valence-electron chi connectivity index (χ2n) is 3.97. The van der Waals surface area contributed by atoms with Gasteiger partial charge in [-0.05, 0) is 20.3 Å². The van der Waals surface area contributed by atoms with Crippen LogP contribution in [0.5, 0.6) is 0 Å². The minimum Gasteiger partial charge on any atom is -0.336 e. The van der Waals surface area contributed by atoms with E-state index in [4.69, 9.17) is 5.26 Å². The Labute approximate surface area is 90.5 Å². The van der Waals surface area contributed by atoms with Gasteiger partial charge in [-0.25, -0.2) is 0 Å². The molecule has 1 heterocycles. The van der Waals surface area contributed by atoms with Gasteiger partial charge < -0.3 is 4.90 Å². The molecule has 0 aromatic carbocycles. The van der Waals surface area contributed by atoms with E-state index >= 15 is 0 Å². The van der Waals surface area contributed by atoms with E-state index in [-0.39, 0.29) is 29.2 Å². The third-order valence-corrected chi connectivity index (χ3v) is 3.48. The van der Waals surface area contributed by atoms with E-state index in [0.717, 1.165) is 6.42 Å². The van der Waals surface area contributed by atoms with Gasteiger partial charge in [-0.3, -0.25) is 4.79 Å². The van der Waals surface area contributed by atoms with Gasteiger partial charge in [-0.15, -0.1) is 0 Å². The molecule has 0 bridgehead atoms. The molecule has 0 spiro atoms. The molecule has 0 aromatic rings. The Balaban J connectivity index is 2.89. The molecular formula is C10H16N2OS. The molecule has 1 amide bonds. The van der Waals surface area contributed by atoms with Crippen molar-refractivity contribution < 1.29 is 4.79 Å². The van der Waals surface area contributed by atoms with Crippen LogP contribution in [-0.4, -0.2) is 28.1 Å². The molecule has 0 aromatic heterocycles. The van der Waals surface area contributed by atoms with Gasteiger partial charge in [0.15, 0.2) is 0 Å². The van der Waals surface area contributed by atoms with Crippen molar-refractivity contribution in [2.45, 2.75) is 44.5 Å². The van der Waals surface area contributed by atoms with Gasteiger partial charge in [0.2, 0.25) is 5.91 Å².